The minimum atomic E-state index is -3.28. The third-order valence-corrected chi connectivity index (χ3v) is 7.59. The van der Waals surface area contributed by atoms with Crippen molar-refractivity contribution in [3.8, 4) is 0 Å². The molecule has 8 nitrogen and oxygen atoms in total. The fourth-order valence-electron chi connectivity index (χ4n) is 2.99. The van der Waals surface area contributed by atoms with Crippen molar-refractivity contribution in [1.82, 2.24) is 13.9 Å². The van der Waals surface area contributed by atoms with Crippen molar-refractivity contribution >= 4 is 26.0 Å². The predicted molar refractivity (Wildman–Crippen MR) is 86.7 cm³/mol. The lowest BCUT2D eigenvalue weighted by atomic mass is 9.97. The highest BCUT2D eigenvalue weighted by atomic mass is 32.2. The molecule has 0 saturated carbocycles. The fraction of sp³-hybridized carbons (Fsp3) is 0.923. The Kier molecular flexibility index (Phi) is 6.04. The number of sulfonamides is 2. The van der Waals surface area contributed by atoms with Crippen LogP contribution in [-0.4, -0.2) is 76.1 Å². The Morgan fingerprint density at radius 1 is 1.00 bits per heavy atom. The van der Waals surface area contributed by atoms with Crippen LogP contribution in [0.3, 0.4) is 0 Å². The van der Waals surface area contributed by atoms with Gasteiger partial charge < -0.3 is 5.32 Å². The van der Waals surface area contributed by atoms with E-state index in [1.165, 1.54) is 8.61 Å². The number of carbonyl (C=O) groups excluding carboxylic acids is 1. The van der Waals surface area contributed by atoms with Gasteiger partial charge in [0.1, 0.15) is 0 Å². The highest BCUT2D eigenvalue weighted by Gasteiger charge is 2.29. The molecule has 0 aromatic heterocycles. The van der Waals surface area contributed by atoms with Crippen LogP contribution >= 0.6 is 0 Å². The Morgan fingerprint density at radius 2 is 1.57 bits per heavy atom. The summed E-state index contributed by atoms with van der Waals surface area (Å²) >= 11 is 0. The van der Waals surface area contributed by atoms with Crippen LogP contribution in [-0.2, 0) is 24.8 Å². The summed E-state index contributed by atoms with van der Waals surface area (Å²) in [6.07, 6.45) is 3.89. The summed E-state index contributed by atoms with van der Waals surface area (Å²) < 4.78 is 49.8. The number of amides is 1. The molecule has 0 aromatic rings. The second-order valence-electron chi connectivity index (χ2n) is 6.15. The maximum absolute atomic E-state index is 12.1. The van der Waals surface area contributed by atoms with Gasteiger partial charge in [0, 0.05) is 38.6 Å². The summed E-state index contributed by atoms with van der Waals surface area (Å²) in [5.41, 5.74) is 0. The zero-order chi connectivity index (χ0) is 17.1. The Labute approximate surface area is 138 Å². The van der Waals surface area contributed by atoms with Crippen LogP contribution in [0.15, 0.2) is 0 Å². The molecule has 2 saturated heterocycles. The summed E-state index contributed by atoms with van der Waals surface area (Å²) in [5, 5.41) is 2.67. The summed E-state index contributed by atoms with van der Waals surface area (Å²) in [7, 11) is -6.49. The number of hydrogen-bond donors (Lipinski definition) is 1. The van der Waals surface area contributed by atoms with E-state index in [1.807, 2.05) is 0 Å². The highest BCUT2D eigenvalue weighted by molar-refractivity contribution is 7.89. The van der Waals surface area contributed by atoms with Crippen LogP contribution in [0.25, 0.3) is 0 Å². The van der Waals surface area contributed by atoms with E-state index in [0.29, 0.717) is 39.0 Å². The van der Waals surface area contributed by atoms with E-state index in [1.54, 1.807) is 0 Å². The molecule has 0 atom stereocenters. The maximum Gasteiger partial charge on any atom is 0.223 e. The molecule has 0 bridgehead atoms. The van der Waals surface area contributed by atoms with Gasteiger partial charge in [0.25, 0.3) is 0 Å². The summed E-state index contributed by atoms with van der Waals surface area (Å²) in [6.45, 7) is 1.91. The van der Waals surface area contributed by atoms with Crippen molar-refractivity contribution in [2.24, 2.45) is 5.92 Å². The average Bonchev–Trinajstić information content (AvgIpc) is 3.01. The van der Waals surface area contributed by atoms with E-state index in [-0.39, 0.29) is 24.1 Å². The first kappa shape index (κ1) is 18.6. The molecule has 0 radical (unpaired) electrons. The van der Waals surface area contributed by atoms with Gasteiger partial charge >= 0.3 is 0 Å². The molecule has 0 unspecified atom stereocenters. The van der Waals surface area contributed by atoms with E-state index in [0.717, 1.165) is 19.1 Å². The lowest BCUT2D eigenvalue weighted by Gasteiger charge is -2.29. The van der Waals surface area contributed by atoms with Gasteiger partial charge in [0.2, 0.25) is 26.0 Å². The molecule has 2 fully saturated rings. The van der Waals surface area contributed by atoms with Gasteiger partial charge in [-0.15, -0.1) is 0 Å². The van der Waals surface area contributed by atoms with Crippen LogP contribution < -0.4 is 5.32 Å². The summed E-state index contributed by atoms with van der Waals surface area (Å²) in [5.74, 6) is -0.516. The molecular formula is C13H25N3O5S2. The number of piperidine rings is 1. The Hall–Kier alpha value is -0.710. The Morgan fingerprint density at radius 3 is 2.09 bits per heavy atom. The molecule has 0 aliphatic carbocycles. The molecule has 1 N–H and O–H groups in total. The largest absolute Gasteiger partial charge is 0.355 e. The van der Waals surface area contributed by atoms with Gasteiger partial charge in [-0.2, -0.15) is 0 Å². The van der Waals surface area contributed by atoms with Crippen molar-refractivity contribution in [2.45, 2.75) is 25.7 Å². The van der Waals surface area contributed by atoms with E-state index in [2.05, 4.69) is 5.32 Å². The van der Waals surface area contributed by atoms with Crippen molar-refractivity contribution in [2.75, 3.05) is 44.7 Å². The average molecular weight is 367 g/mol. The first-order chi connectivity index (χ1) is 10.7. The topological polar surface area (TPSA) is 104 Å². The van der Waals surface area contributed by atoms with E-state index in [4.69, 9.17) is 0 Å². The monoisotopic (exact) mass is 367 g/mol. The zero-order valence-electron chi connectivity index (χ0n) is 13.4. The minimum absolute atomic E-state index is 0.0824. The zero-order valence-corrected chi connectivity index (χ0v) is 15.0. The third-order valence-electron chi connectivity index (χ3n) is 4.41. The molecule has 0 spiro atoms. The molecule has 134 valence electrons. The molecule has 2 rings (SSSR count). The molecule has 2 heterocycles. The third kappa shape index (κ3) is 5.13. The SMILES string of the molecule is CS(=O)(=O)N1CCC(C(=O)NCCS(=O)(=O)N2CCCC2)CC1. The van der Waals surface area contributed by atoms with Crippen molar-refractivity contribution in [1.29, 1.82) is 0 Å². The molecule has 0 aromatic carbocycles. The molecule has 2 aliphatic heterocycles. The lowest BCUT2D eigenvalue weighted by Crippen LogP contribution is -2.44. The van der Waals surface area contributed by atoms with Gasteiger partial charge in [-0.1, -0.05) is 0 Å². The van der Waals surface area contributed by atoms with Gasteiger partial charge in [-0.3, -0.25) is 4.79 Å². The van der Waals surface area contributed by atoms with Gasteiger partial charge in [0.05, 0.1) is 12.0 Å². The van der Waals surface area contributed by atoms with Crippen LogP contribution in [0, 0.1) is 5.92 Å². The molecule has 1 amide bonds. The fourth-order valence-corrected chi connectivity index (χ4v) is 5.30. The standard InChI is InChI=1S/C13H25N3O5S2/c1-22(18,19)15-9-4-12(5-10-15)13(17)14-6-11-23(20,21)16-7-2-3-8-16/h12H,2-11H2,1H3,(H,14,17). The van der Waals surface area contributed by atoms with Crippen LogP contribution in [0.4, 0.5) is 0 Å². The van der Waals surface area contributed by atoms with Gasteiger partial charge in [0.15, 0.2) is 0 Å². The van der Waals surface area contributed by atoms with Crippen LogP contribution in [0.2, 0.25) is 0 Å². The van der Waals surface area contributed by atoms with Gasteiger partial charge in [-0.05, 0) is 25.7 Å². The van der Waals surface area contributed by atoms with Crippen molar-refractivity contribution in [3.05, 3.63) is 0 Å². The number of nitrogens with zero attached hydrogens (tertiary/aromatic N) is 2. The predicted octanol–water partition coefficient (Wildman–Crippen LogP) is -0.800. The van der Waals surface area contributed by atoms with Crippen molar-refractivity contribution in [3.63, 3.8) is 0 Å². The molecule has 10 heteroatoms. The first-order valence-electron chi connectivity index (χ1n) is 7.91. The Balaban J connectivity index is 1.73. The number of rotatable bonds is 6. The van der Waals surface area contributed by atoms with E-state index >= 15 is 0 Å². The molecule has 2 aliphatic rings. The maximum atomic E-state index is 12.1. The molecule has 23 heavy (non-hydrogen) atoms. The number of nitrogens with one attached hydrogen (secondary N) is 1. The lowest BCUT2D eigenvalue weighted by molar-refractivity contribution is -0.125. The quantitative estimate of drug-likeness (QED) is 0.662. The van der Waals surface area contributed by atoms with Crippen molar-refractivity contribution < 1.29 is 21.6 Å². The van der Waals surface area contributed by atoms with E-state index in [9.17, 15) is 21.6 Å². The van der Waals surface area contributed by atoms with Crippen LogP contribution in [0.5, 0.6) is 0 Å². The summed E-state index contributed by atoms with van der Waals surface area (Å²) in [4.78, 5) is 12.1. The number of hydrogen-bond acceptors (Lipinski definition) is 5. The van der Waals surface area contributed by atoms with E-state index < -0.39 is 20.0 Å². The minimum Gasteiger partial charge on any atom is -0.355 e. The van der Waals surface area contributed by atoms with Gasteiger partial charge in [-0.25, -0.2) is 25.4 Å². The normalized spacial score (nSPS) is 22.3. The smallest absolute Gasteiger partial charge is 0.223 e. The van der Waals surface area contributed by atoms with Crippen LogP contribution in [0.1, 0.15) is 25.7 Å². The highest BCUT2D eigenvalue weighted by Crippen LogP contribution is 2.19. The Bertz CT molecular complexity index is 618. The second-order valence-corrected chi connectivity index (χ2v) is 10.2. The number of carbonyl (C=O) groups is 1. The summed E-state index contributed by atoms with van der Waals surface area (Å²) in [6, 6.07) is 0. The second kappa shape index (κ2) is 7.45. The molecular weight excluding hydrogens is 342 g/mol. The first-order valence-corrected chi connectivity index (χ1v) is 11.4.